The minimum Gasteiger partial charge on any atom is -0.380 e. The Labute approximate surface area is 125 Å². The van der Waals surface area contributed by atoms with Crippen molar-refractivity contribution in [3.05, 3.63) is 22.4 Å². The molecule has 2 rings (SSSR count). The third kappa shape index (κ3) is 3.59. The maximum Gasteiger partial charge on any atom is 0.241 e. The van der Waals surface area contributed by atoms with Gasteiger partial charge in [0, 0.05) is 13.2 Å². The van der Waals surface area contributed by atoms with Crippen molar-refractivity contribution in [2.75, 3.05) is 19.8 Å². The van der Waals surface area contributed by atoms with E-state index in [1.54, 1.807) is 11.3 Å². The summed E-state index contributed by atoms with van der Waals surface area (Å²) in [6, 6.07) is 2.05. The van der Waals surface area contributed by atoms with Crippen LogP contribution in [0.4, 0.5) is 0 Å². The summed E-state index contributed by atoms with van der Waals surface area (Å²) in [5, 5.41) is 7.65. The molecule has 1 saturated heterocycles. The molecule has 1 fully saturated rings. The van der Waals surface area contributed by atoms with Crippen LogP contribution in [0.2, 0.25) is 0 Å². The predicted octanol–water partition coefficient (Wildman–Crippen LogP) is 2.77. The van der Waals surface area contributed by atoms with Gasteiger partial charge in [0.1, 0.15) is 6.17 Å². The van der Waals surface area contributed by atoms with Crippen LogP contribution in [0.1, 0.15) is 44.8 Å². The smallest absolute Gasteiger partial charge is 0.241 e. The van der Waals surface area contributed by atoms with Crippen LogP contribution in [-0.2, 0) is 9.53 Å². The van der Waals surface area contributed by atoms with Gasteiger partial charge in [-0.15, -0.1) is 0 Å². The number of ether oxygens (including phenoxy) is 1. The number of nitrogens with zero attached hydrogens (tertiary/aromatic N) is 1. The molecule has 0 saturated carbocycles. The molecule has 1 aromatic heterocycles. The van der Waals surface area contributed by atoms with Gasteiger partial charge in [-0.1, -0.05) is 19.8 Å². The van der Waals surface area contributed by atoms with Crippen molar-refractivity contribution in [3.8, 4) is 0 Å². The second-order valence-electron chi connectivity index (χ2n) is 5.05. The van der Waals surface area contributed by atoms with E-state index in [1.165, 1.54) is 5.56 Å². The van der Waals surface area contributed by atoms with Crippen LogP contribution < -0.4 is 5.32 Å². The maximum atomic E-state index is 12.5. The summed E-state index contributed by atoms with van der Waals surface area (Å²) in [6.45, 7) is 6.08. The maximum absolute atomic E-state index is 12.5. The van der Waals surface area contributed by atoms with E-state index < -0.39 is 0 Å². The molecule has 2 unspecified atom stereocenters. The number of nitrogens with one attached hydrogen (secondary N) is 1. The fourth-order valence-electron chi connectivity index (χ4n) is 2.55. The van der Waals surface area contributed by atoms with Gasteiger partial charge in [0.2, 0.25) is 5.91 Å². The van der Waals surface area contributed by atoms with Crippen molar-refractivity contribution in [2.45, 2.75) is 45.3 Å². The van der Waals surface area contributed by atoms with Gasteiger partial charge in [0.15, 0.2) is 0 Å². The topological polar surface area (TPSA) is 41.6 Å². The van der Waals surface area contributed by atoms with Crippen molar-refractivity contribution in [1.82, 2.24) is 10.2 Å². The Morgan fingerprint density at radius 2 is 2.30 bits per heavy atom. The van der Waals surface area contributed by atoms with Crippen LogP contribution in [0.5, 0.6) is 0 Å². The number of carbonyl (C=O) groups excluding carboxylic acids is 1. The van der Waals surface area contributed by atoms with Gasteiger partial charge in [0.25, 0.3) is 0 Å². The first-order valence-corrected chi connectivity index (χ1v) is 8.38. The highest BCUT2D eigenvalue weighted by Gasteiger charge is 2.38. The first kappa shape index (κ1) is 15.5. The third-order valence-electron chi connectivity index (χ3n) is 3.64. The van der Waals surface area contributed by atoms with E-state index in [1.807, 2.05) is 11.8 Å². The fraction of sp³-hybridized carbons (Fsp3) is 0.667. The molecule has 0 radical (unpaired) electrons. The van der Waals surface area contributed by atoms with E-state index >= 15 is 0 Å². The first-order valence-electron chi connectivity index (χ1n) is 7.44. The molecule has 0 aliphatic carbocycles. The zero-order chi connectivity index (χ0) is 14.4. The molecule has 1 N–H and O–H groups in total. The number of hydrogen-bond acceptors (Lipinski definition) is 4. The minimum atomic E-state index is -0.0403. The van der Waals surface area contributed by atoms with Crippen molar-refractivity contribution < 1.29 is 9.53 Å². The number of carbonyl (C=O) groups is 1. The third-order valence-corrected chi connectivity index (χ3v) is 4.34. The summed E-state index contributed by atoms with van der Waals surface area (Å²) in [7, 11) is 0. The Morgan fingerprint density at radius 1 is 1.45 bits per heavy atom. The number of amides is 1. The highest BCUT2D eigenvalue weighted by atomic mass is 32.1. The summed E-state index contributed by atoms with van der Waals surface area (Å²) in [4.78, 5) is 14.5. The molecule has 1 aliphatic heterocycles. The Balaban J connectivity index is 2.04. The molecular weight excluding hydrogens is 272 g/mol. The number of hydrogen-bond donors (Lipinski definition) is 1. The molecule has 5 heteroatoms. The Hall–Kier alpha value is -0.910. The van der Waals surface area contributed by atoms with Gasteiger partial charge >= 0.3 is 0 Å². The van der Waals surface area contributed by atoms with E-state index in [4.69, 9.17) is 4.74 Å². The van der Waals surface area contributed by atoms with Crippen LogP contribution in [0, 0.1) is 0 Å². The lowest BCUT2D eigenvalue weighted by molar-refractivity contribution is -0.131. The zero-order valence-electron chi connectivity index (χ0n) is 12.3. The Morgan fingerprint density at radius 3 is 2.95 bits per heavy atom. The Bertz CT molecular complexity index is 408. The minimum absolute atomic E-state index is 0.0102. The van der Waals surface area contributed by atoms with E-state index in [2.05, 4.69) is 29.1 Å². The van der Waals surface area contributed by atoms with E-state index in [0.717, 1.165) is 19.3 Å². The summed E-state index contributed by atoms with van der Waals surface area (Å²) < 4.78 is 5.41. The SMILES string of the molecule is CCCCC1NC(c2ccsc2)N(CCOCC)C1=O. The molecule has 4 nitrogen and oxygen atoms in total. The second kappa shape index (κ2) is 7.76. The van der Waals surface area contributed by atoms with Crippen LogP contribution >= 0.6 is 11.3 Å². The standard InChI is InChI=1S/C15H24N2O2S/c1-3-5-6-13-15(18)17(8-9-19-4-2)14(16-13)12-7-10-20-11-12/h7,10-11,13-14,16H,3-6,8-9H2,1-2H3. The molecule has 2 atom stereocenters. The quantitative estimate of drug-likeness (QED) is 0.750. The van der Waals surface area contributed by atoms with Gasteiger partial charge in [-0.05, 0) is 35.7 Å². The molecule has 112 valence electrons. The molecule has 2 heterocycles. The van der Waals surface area contributed by atoms with Crippen LogP contribution in [0.3, 0.4) is 0 Å². The molecular formula is C15H24N2O2S. The van der Waals surface area contributed by atoms with Gasteiger partial charge in [0.05, 0.1) is 12.6 Å². The number of thiophene rings is 1. The van der Waals surface area contributed by atoms with Crippen molar-refractivity contribution in [2.24, 2.45) is 0 Å². The highest BCUT2D eigenvalue weighted by Crippen LogP contribution is 2.28. The van der Waals surface area contributed by atoms with Gasteiger partial charge < -0.3 is 9.64 Å². The first-order chi connectivity index (χ1) is 9.77. The summed E-state index contributed by atoms with van der Waals surface area (Å²) in [6.07, 6.45) is 3.13. The molecule has 1 aromatic rings. The second-order valence-corrected chi connectivity index (χ2v) is 5.83. The van der Waals surface area contributed by atoms with Crippen LogP contribution in [0.15, 0.2) is 16.8 Å². The molecule has 0 spiro atoms. The van der Waals surface area contributed by atoms with Crippen molar-refractivity contribution in [3.63, 3.8) is 0 Å². The lowest BCUT2D eigenvalue weighted by Gasteiger charge is -2.23. The van der Waals surface area contributed by atoms with Crippen LogP contribution in [-0.4, -0.2) is 36.6 Å². The van der Waals surface area contributed by atoms with Gasteiger partial charge in [-0.25, -0.2) is 0 Å². The monoisotopic (exact) mass is 296 g/mol. The number of unbranched alkanes of at least 4 members (excludes halogenated alkanes) is 1. The van der Waals surface area contributed by atoms with E-state index in [-0.39, 0.29) is 18.1 Å². The number of rotatable bonds is 8. The lowest BCUT2D eigenvalue weighted by atomic mass is 10.1. The summed E-state index contributed by atoms with van der Waals surface area (Å²) >= 11 is 1.67. The molecule has 20 heavy (non-hydrogen) atoms. The van der Waals surface area contributed by atoms with E-state index in [9.17, 15) is 4.79 Å². The largest absolute Gasteiger partial charge is 0.380 e. The molecule has 0 aromatic carbocycles. The fourth-order valence-corrected chi connectivity index (χ4v) is 3.23. The average molecular weight is 296 g/mol. The lowest BCUT2D eigenvalue weighted by Crippen LogP contribution is -2.33. The van der Waals surface area contributed by atoms with E-state index in [0.29, 0.717) is 19.8 Å². The molecule has 0 bridgehead atoms. The van der Waals surface area contributed by atoms with Crippen molar-refractivity contribution >= 4 is 17.2 Å². The van der Waals surface area contributed by atoms with Crippen molar-refractivity contribution in [1.29, 1.82) is 0 Å². The normalized spacial score (nSPS) is 22.7. The highest BCUT2D eigenvalue weighted by molar-refractivity contribution is 7.07. The zero-order valence-corrected chi connectivity index (χ0v) is 13.1. The van der Waals surface area contributed by atoms with Crippen LogP contribution in [0.25, 0.3) is 0 Å². The summed E-state index contributed by atoms with van der Waals surface area (Å²) in [5.41, 5.74) is 1.18. The molecule has 1 aliphatic rings. The Kier molecular flexibility index (Phi) is 6.01. The molecule has 1 amide bonds. The predicted molar refractivity (Wildman–Crippen MR) is 81.7 cm³/mol. The average Bonchev–Trinajstić information content (AvgIpc) is 3.07. The van der Waals surface area contributed by atoms with Gasteiger partial charge in [-0.2, -0.15) is 11.3 Å². The summed E-state index contributed by atoms with van der Waals surface area (Å²) in [5.74, 6) is 0.217. The van der Waals surface area contributed by atoms with Gasteiger partial charge in [-0.3, -0.25) is 10.1 Å².